The highest BCUT2D eigenvalue weighted by Crippen LogP contribution is 2.41. The van der Waals surface area contributed by atoms with Crippen molar-refractivity contribution in [3.8, 4) is 40.0 Å². The molecule has 13 heteroatoms. The van der Waals surface area contributed by atoms with Crippen LogP contribution in [0.2, 0.25) is 0 Å². The lowest BCUT2D eigenvalue weighted by Crippen LogP contribution is -2.40. The number of imidazole rings is 1. The zero-order valence-corrected chi connectivity index (χ0v) is 20.4. The molecular formula is C25H21ClF4N6O2. The summed E-state index contributed by atoms with van der Waals surface area (Å²) < 4.78 is 58.4. The van der Waals surface area contributed by atoms with Gasteiger partial charge in [0.2, 0.25) is 5.95 Å². The van der Waals surface area contributed by atoms with Gasteiger partial charge in [0.05, 0.1) is 16.8 Å². The Morgan fingerprint density at radius 1 is 1.11 bits per heavy atom. The van der Waals surface area contributed by atoms with Crippen LogP contribution in [0.1, 0.15) is 18.4 Å². The largest absolute Gasteiger partial charge is 0.573 e. The second-order valence-electron chi connectivity index (χ2n) is 8.62. The molecule has 198 valence electrons. The molecule has 1 fully saturated rings. The van der Waals surface area contributed by atoms with Crippen LogP contribution in [0.3, 0.4) is 0 Å². The smallest absolute Gasteiger partial charge is 0.504 e. The fourth-order valence-electron chi connectivity index (χ4n) is 4.40. The molecule has 1 saturated heterocycles. The quantitative estimate of drug-likeness (QED) is 0.344. The number of fused-ring (bicyclic) bond motifs is 1. The first kappa shape index (κ1) is 27.0. The zero-order chi connectivity index (χ0) is 26.3. The predicted octanol–water partition coefficient (Wildman–Crippen LogP) is 5.03. The van der Waals surface area contributed by atoms with Crippen molar-refractivity contribution in [3.63, 3.8) is 0 Å². The number of hydrogen-bond donors (Lipinski definition) is 2. The summed E-state index contributed by atoms with van der Waals surface area (Å²) in [6, 6.07) is 9.29. The minimum atomic E-state index is -4.99. The van der Waals surface area contributed by atoms with Crippen molar-refractivity contribution in [2.45, 2.75) is 25.2 Å². The van der Waals surface area contributed by atoms with Crippen molar-refractivity contribution >= 4 is 24.0 Å². The number of aromatic nitrogens is 3. The van der Waals surface area contributed by atoms with Crippen molar-refractivity contribution in [2.75, 3.05) is 18.0 Å². The normalized spacial score (nSPS) is 14.3. The number of rotatable bonds is 4. The van der Waals surface area contributed by atoms with Crippen LogP contribution in [-0.2, 0) is 0 Å². The van der Waals surface area contributed by atoms with Crippen LogP contribution >= 0.6 is 12.4 Å². The van der Waals surface area contributed by atoms with Crippen LogP contribution in [0, 0.1) is 17.1 Å². The Bertz CT molecular complexity index is 1530. The summed E-state index contributed by atoms with van der Waals surface area (Å²) in [5.74, 6) is -1.73. The maximum Gasteiger partial charge on any atom is 0.573 e. The molecule has 38 heavy (non-hydrogen) atoms. The number of halogens is 5. The highest BCUT2D eigenvalue weighted by molar-refractivity contribution is 5.91. The van der Waals surface area contributed by atoms with E-state index in [0.29, 0.717) is 35.8 Å². The maximum absolute atomic E-state index is 14.6. The molecule has 0 saturated carbocycles. The lowest BCUT2D eigenvalue weighted by Gasteiger charge is -2.32. The standard InChI is InChI=1S/C25H20F4N6O2.ClH/c26-18-11-15(1-2-16(18)13-30)22-21(14-3-4-20(19(36)12-14)37-25(27,28)29)23-32-7-10-35(23)24(33-22)34-8-5-17(31)6-9-34;/h1-4,7,10-12,17,36H,5-6,8-9,31H2;1H. The molecule has 2 aromatic carbocycles. The minimum absolute atomic E-state index is 0. The Morgan fingerprint density at radius 3 is 2.45 bits per heavy atom. The van der Waals surface area contributed by atoms with Crippen LogP contribution in [-0.4, -0.2) is 45.0 Å². The fraction of sp³-hybridized carbons (Fsp3) is 0.240. The third kappa shape index (κ3) is 5.16. The number of piperidine rings is 1. The molecule has 0 unspecified atom stereocenters. The number of hydrogen-bond acceptors (Lipinski definition) is 7. The lowest BCUT2D eigenvalue weighted by molar-refractivity contribution is -0.275. The van der Waals surface area contributed by atoms with E-state index in [1.165, 1.54) is 24.3 Å². The third-order valence-electron chi connectivity index (χ3n) is 6.19. The number of ether oxygens (including phenoxy) is 1. The lowest BCUT2D eigenvalue weighted by atomic mass is 9.98. The minimum Gasteiger partial charge on any atom is -0.504 e. The average molecular weight is 549 g/mol. The number of nitriles is 1. The van der Waals surface area contributed by atoms with Crippen molar-refractivity contribution in [2.24, 2.45) is 5.73 Å². The van der Waals surface area contributed by atoms with Crippen LogP contribution in [0.15, 0.2) is 48.8 Å². The molecule has 8 nitrogen and oxygen atoms in total. The molecule has 0 spiro atoms. The molecular weight excluding hydrogens is 528 g/mol. The number of nitrogens with zero attached hydrogens (tertiary/aromatic N) is 5. The number of phenolic OH excluding ortho intramolecular Hbond substituents is 1. The topological polar surface area (TPSA) is 113 Å². The maximum atomic E-state index is 14.6. The molecule has 0 radical (unpaired) electrons. The molecule has 0 amide bonds. The molecule has 0 atom stereocenters. The third-order valence-corrected chi connectivity index (χ3v) is 6.19. The van der Waals surface area contributed by atoms with E-state index in [1.807, 2.05) is 4.90 Å². The van der Waals surface area contributed by atoms with Crippen molar-refractivity contribution < 1.29 is 27.4 Å². The van der Waals surface area contributed by atoms with E-state index in [1.54, 1.807) is 22.9 Å². The summed E-state index contributed by atoms with van der Waals surface area (Å²) in [5, 5.41) is 19.5. The first-order chi connectivity index (χ1) is 17.6. The van der Waals surface area contributed by atoms with Gasteiger partial charge in [-0.3, -0.25) is 4.40 Å². The van der Waals surface area contributed by atoms with E-state index in [4.69, 9.17) is 16.0 Å². The Labute approximate surface area is 220 Å². The van der Waals surface area contributed by atoms with Crippen LogP contribution in [0.25, 0.3) is 28.0 Å². The molecule has 0 aliphatic carbocycles. The van der Waals surface area contributed by atoms with Gasteiger partial charge in [-0.15, -0.1) is 25.6 Å². The summed E-state index contributed by atoms with van der Waals surface area (Å²) in [4.78, 5) is 11.3. The van der Waals surface area contributed by atoms with Gasteiger partial charge < -0.3 is 20.5 Å². The fourth-order valence-corrected chi connectivity index (χ4v) is 4.40. The Balaban J connectivity index is 0.00000336. The van der Waals surface area contributed by atoms with Crippen LogP contribution < -0.4 is 15.4 Å². The van der Waals surface area contributed by atoms with Gasteiger partial charge in [-0.05, 0) is 42.7 Å². The van der Waals surface area contributed by atoms with Gasteiger partial charge in [0.25, 0.3) is 0 Å². The number of aromatic hydroxyl groups is 1. The SMILES string of the molecule is Cl.N#Cc1ccc(-c2nc(N3CCC(N)CC3)n3ccnc3c2-c2ccc(OC(F)(F)F)c(O)c2)cc1F. The highest BCUT2D eigenvalue weighted by atomic mass is 35.5. The predicted molar refractivity (Wildman–Crippen MR) is 134 cm³/mol. The van der Waals surface area contributed by atoms with E-state index in [2.05, 4.69) is 9.72 Å². The van der Waals surface area contributed by atoms with Crippen LogP contribution in [0.5, 0.6) is 11.5 Å². The summed E-state index contributed by atoms with van der Waals surface area (Å²) in [5.41, 5.74) is 7.52. The monoisotopic (exact) mass is 548 g/mol. The van der Waals surface area contributed by atoms with E-state index in [-0.39, 0.29) is 35.3 Å². The van der Waals surface area contributed by atoms with Gasteiger partial charge >= 0.3 is 6.36 Å². The van der Waals surface area contributed by atoms with Gasteiger partial charge in [0.15, 0.2) is 11.5 Å². The van der Waals surface area contributed by atoms with Gasteiger partial charge in [0, 0.05) is 37.1 Å². The van der Waals surface area contributed by atoms with E-state index >= 15 is 0 Å². The summed E-state index contributed by atoms with van der Waals surface area (Å²) in [6.45, 7) is 1.26. The summed E-state index contributed by atoms with van der Waals surface area (Å²) in [6.07, 6.45) is -0.256. The molecule has 5 rings (SSSR count). The van der Waals surface area contributed by atoms with E-state index in [0.717, 1.165) is 25.0 Å². The number of benzene rings is 2. The van der Waals surface area contributed by atoms with Gasteiger partial charge in [0.1, 0.15) is 17.5 Å². The summed E-state index contributed by atoms with van der Waals surface area (Å²) >= 11 is 0. The molecule has 3 N–H and O–H groups in total. The molecule has 1 aliphatic rings. The number of phenols is 1. The number of alkyl halides is 3. The van der Waals surface area contributed by atoms with E-state index in [9.17, 15) is 22.7 Å². The van der Waals surface area contributed by atoms with Crippen molar-refractivity contribution in [1.82, 2.24) is 14.4 Å². The molecule has 2 aromatic heterocycles. The van der Waals surface area contributed by atoms with Gasteiger partial charge in [-0.2, -0.15) is 5.26 Å². The zero-order valence-electron chi connectivity index (χ0n) is 19.6. The molecule has 0 bridgehead atoms. The first-order valence-electron chi connectivity index (χ1n) is 11.3. The second kappa shape index (κ2) is 10.4. The first-order valence-corrected chi connectivity index (χ1v) is 11.3. The number of nitrogens with two attached hydrogens (primary N) is 1. The second-order valence-corrected chi connectivity index (χ2v) is 8.62. The van der Waals surface area contributed by atoms with Crippen molar-refractivity contribution in [3.05, 3.63) is 60.2 Å². The Kier molecular flexibility index (Phi) is 7.35. The van der Waals surface area contributed by atoms with E-state index < -0.39 is 23.7 Å². The highest BCUT2D eigenvalue weighted by Gasteiger charge is 2.32. The average Bonchev–Trinajstić information content (AvgIpc) is 3.34. The summed E-state index contributed by atoms with van der Waals surface area (Å²) in [7, 11) is 0. The Hall–Kier alpha value is -4.08. The molecule has 3 heterocycles. The van der Waals surface area contributed by atoms with Crippen molar-refractivity contribution in [1.29, 1.82) is 5.26 Å². The van der Waals surface area contributed by atoms with Gasteiger partial charge in [-0.1, -0.05) is 12.1 Å². The molecule has 1 aliphatic heterocycles. The number of anilines is 1. The molecule has 4 aromatic rings. The Morgan fingerprint density at radius 2 is 1.82 bits per heavy atom. The van der Waals surface area contributed by atoms with Crippen LogP contribution in [0.4, 0.5) is 23.5 Å². The van der Waals surface area contributed by atoms with Gasteiger partial charge in [-0.25, -0.2) is 14.4 Å².